The Morgan fingerprint density at radius 1 is 1.43 bits per heavy atom. The van der Waals surface area contributed by atoms with Gasteiger partial charge in [-0.15, -0.1) is 0 Å². The average molecular weight is 315 g/mol. The highest BCUT2D eigenvalue weighted by molar-refractivity contribution is 7.87. The summed E-state index contributed by atoms with van der Waals surface area (Å²) in [5.74, 6) is 2.25. The zero-order valence-corrected chi connectivity index (χ0v) is 13.8. The third-order valence-electron chi connectivity index (χ3n) is 3.81. The number of hydrogen-bond acceptors (Lipinski definition) is 4. The molecule has 0 aromatic carbocycles. The van der Waals surface area contributed by atoms with Gasteiger partial charge in [-0.25, -0.2) is 4.72 Å². The first-order valence-corrected chi connectivity index (χ1v) is 8.75. The predicted molar refractivity (Wildman–Crippen MR) is 82.1 cm³/mol. The van der Waals surface area contributed by atoms with E-state index in [0.29, 0.717) is 12.5 Å². The van der Waals surface area contributed by atoms with Crippen molar-refractivity contribution in [3.8, 4) is 0 Å². The van der Waals surface area contributed by atoms with Gasteiger partial charge in [-0.05, 0) is 44.4 Å². The predicted octanol–water partition coefficient (Wildman–Crippen LogP) is 1.20. The highest BCUT2D eigenvalue weighted by Gasteiger charge is 2.23. The second-order valence-electron chi connectivity index (χ2n) is 5.89. The second-order valence-corrected chi connectivity index (χ2v) is 7.86. The van der Waals surface area contributed by atoms with E-state index < -0.39 is 10.2 Å². The molecule has 1 aliphatic heterocycles. The Hall–Kier alpha value is -0.890. The lowest BCUT2D eigenvalue weighted by Crippen LogP contribution is -2.43. The first-order chi connectivity index (χ1) is 9.87. The summed E-state index contributed by atoms with van der Waals surface area (Å²) in [7, 11) is -0.251. The third-order valence-corrected chi connectivity index (χ3v) is 5.31. The summed E-state index contributed by atoms with van der Waals surface area (Å²) >= 11 is 0. The van der Waals surface area contributed by atoms with Crippen LogP contribution in [0.25, 0.3) is 0 Å². The number of furan rings is 1. The Bertz CT molecular complexity index is 554. The van der Waals surface area contributed by atoms with Gasteiger partial charge in [0.1, 0.15) is 11.5 Å². The largest absolute Gasteiger partial charge is 0.465 e. The molecule has 6 nitrogen and oxygen atoms in total. The minimum atomic E-state index is -3.32. The molecule has 0 aliphatic carbocycles. The molecule has 1 aromatic heterocycles. The van der Waals surface area contributed by atoms with Crippen LogP contribution in [0, 0.1) is 12.8 Å². The number of nitrogens with zero attached hydrogens (tertiary/aromatic N) is 2. The van der Waals surface area contributed by atoms with Crippen molar-refractivity contribution in [2.24, 2.45) is 5.92 Å². The Morgan fingerprint density at radius 2 is 2.19 bits per heavy atom. The maximum atomic E-state index is 11.7. The molecular formula is C14H25N3O3S. The summed E-state index contributed by atoms with van der Waals surface area (Å²) < 4.78 is 32.9. The zero-order chi connectivity index (χ0) is 15.5. The van der Waals surface area contributed by atoms with Crippen LogP contribution in [0.15, 0.2) is 16.5 Å². The Kier molecular flexibility index (Phi) is 5.43. The van der Waals surface area contributed by atoms with Crippen LogP contribution >= 0.6 is 0 Å². The molecule has 0 radical (unpaired) electrons. The van der Waals surface area contributed by atoms with E-state index in [1.165, 1.54) is 18.4 Å². The first-order valence-electron chi connectivity index (χ1n) is 7.31. The van der Waals surface area contributed by atoms with Crippen LogP contribution < -0.4 is 4.72 Å². The number of nitrogens with one attached hydrogen (secondary N) is 1. The molecule has 21 heavy (non-hydrogen) atoms. The van der Waals surface area contributed by atoms with Crippen LogP contribution in [0.3, 0.4) is 0 Å². The molecule has 1 saturated heterocycles. The summed E-state index contributed by atoms with van der Waals surface area (Å²) in [4.78, 5) is 2.33. The van der Waals surface area contributed by atoms with Gasteiger partial charge in [0, 0.05) is 27.2 Å². The first kappa shape index (κ1) is 16.5. The van der Waals surface area contributed by atoms with Crippen molar-refractivity contribution in [1.29, 1.82) is 0 Å². The Labute approximate surface area is 127 Å². The van der Waals surface area contributed by atoms with Crippen LogP contribution in [0.4, 0.5) is 0 Å². The zero-order valence-electron chi connectivity index (χ0n) is 13.0. The third kappa shape index (κ3) is 4.81. The fraction of sp³-hybridized carbons (Fsp3) is 0.714. The van der Waals surface area contributed by atoms with Gasteiger partial charge in [-0.1, -0.05) is 0 Å². The van der Waals surface area contributed by atoms with Gasteiger partial charge in [-0.2, -0.15) is 12.7 Å². The fourth-order valence-electron chi connectivity index (χ4n) is 2.60. The van der Waals surface area contributed by atoms with E-state index in [0.717, 1.165) is 44.0 Å². The quantitative estimate of drug-likeness (QED) is 0.856. The van der Waals surface area contributed by atoms with Gasteiger partial charge >= 0.3 is 0 Å². The van der Waals surface area contributed by atoms with E-state index in [-0.39, 0.29) is 0 Å². The molecule has 120 valence electrons. The van der Waals surface area contributed by atoms with Gasteiger partial charge in [0.2, 0.25) is 0 Å². The van der Waals surface area contributed by atoms with E-state index in [2.05, 4.69) is 9.62 Å². The van der Waals surface area contributed by atoms with Gasteiger partial charge in [0.15, 0.2) is 0 Å². The van der Waals surface area contributed by atoms with Gasteiger partial charge in [0.25, 0.3) is 10.2 Å². The molecular weight excluding hydrogens is 290 g/mol. The van der Waals surface area contributed by atoms with Crippen molar-refractivity contribution in [3.05, 3.63) is 23.7 Å². The van der Waals surface area contributed by atoms with Crippen molar-refractivity contribution in [2.75, 3.05) is 33.7 Å². The minimum Gasteiger partial charge on any atom is -0.465 e. The molecule has 1 N–H and O–H groups in total. The average Bonchev–Trinajstić information content (AvgIpc) is 2.82. The van der Waals surface area contributed by atoms with Gasteiger partial charge in [-0.3, -0.25) is 4.90 Å². The van der Waals surface area contributed by atoms with Crippen molar-refractivity contribution in [3.63, 3.8) is 0 Å². The SMILES string of the molecule is Cc1ccc(CN2CCCC(CNS(=O)(=O)N(C)C)C2)o1. The van der Waals surface area contributed by atoms with Crippen molar-refractivity contribution in [1.82, 2.24) is 13.9 Å². The fourth-order valence-corrected chi connectivity index (χ4v) is 3.31. The normalized spacial score (nSPS) is 21.0. The number of piperidine rings is 1. The van der Waals surface area contributed by atoms with Gasteiger partial charge in [0.05, 0.1) is 6.54 Å². The monoisotopic (exact) mass is 315 g/mol. The lowest BCUT2D eigenvalue weighted by atomic mass is 9.98. The highest BCUT2D eigenvalue weighted by Crippen LogP contribution is 2.19. The highest BCUT2D eigenvalue weighted by atomic mass is 32.2. The molecule has 0 spiro atoms. The molecule has 1 aliphatic rings. The summed E-state index contributed by atoms with van der Waals surface area (Å²) in [6.07, 6.45) is 2.15. The van der Waals surface area contributed by atoms with E-state index >= 15 is 0 Å². The maximum absolute atomic E-state index is 11.7. The standard InChI is InChI=1S/C14H25N3O3S/c1-12-6-7-14(20-12)11-17-8-4-5-13(10-17)9-15-21(18,19)16(2)3/h6-7,13,15H,4-5,8-11H2,1-3H3. The van der Waals surface area contributed by atoms with Crippen LogP contribution in [0.2, 0.25) is 0 Å². The molecule has 1 unspecified atom stereocenters. The molecule has 2 heterocycles. The maximum Gasteiger partial charge on any atom is 0.278 e. The molecule has 0 amide bonds. The van der Waals surface area contributed by atoms with Crippen LogP contribution in [0.1, 0.15) is 24.4 Å². The Morgan fingerprint density at radius 3 is 2.81 bits per heavy atom. The van der Waals surface area contributed by atoms with Crippen molar-refractivity contribution in [2.45, 2.75) is 26.3 Å². The number of aryl methyl sites for hydroxylation is 1. The number of hydrogen-bond donors (Lipinski definition) is 1. The van der Waals surface area contributed by atoms with Crippen LogP contribution in [-0.4, -0.2) is 51.4 Å². The molecule has 1 atom stereocenters. The topological polar surface area (TPSA) is 65.8 Å². The summed E-state index contributed by atoms with van der Waals surface area (Å²) in [5, 5.41) is 0. The lowest BCUT2D eigenvalue weighted by Gasteiger charge is -2.32. The number of rotatable bonds is 6. The van der Waals surface area contributed by atoms with E-state index in [1.807, 2.05) is 19.1 Å². The van der Waals surface area contributed by atoms with E-state index in [1.54, 1.807) is 0 Å². The Balaban J connectivity index is 1.83. The molecule has 1 fully saturated rings. The van der Waals surface area contributed by atoms with E-state index in [4.69, 9.17) is 4.42 Å². The van der Waals surface area contributed by atoms with Crippen LogP contribution in [-0.2, 0) is 16.8 Å². The van der Waals surface area contributed by atoms with Crippen molar-refractivity contribution >= 4 is 10.2 Å². The number of likely N-dealkylation sites (tertiary alicyclic amines) is 1. The lowest BCUT2D eigenvalue weighted by molar-refractivity contribution is 0.157. The summed E-state index contributed by atoms with van der Waals surface area (Å²) in [5.41, 5.74) is 0. The van der Waals surface area contributed by atoms with Crippen molar-refractivity contribution < 1.29 is 12.8 Å². The summed E-state index contributed by atoms with van der Waals surface area (Å²) in [6.45, 7) is 5.17. The molecule has 0 saturated carbocycles. The van der Waals surface area contributed by atoms with Crippen LogP contribution in [0.5, 0.6) is 0 Å². The molecule has 0 bridgehead atoms. The molecule has 1 aromatic rings. The van der Waals surface area contributed by atoms with Gasteiger partial charge < -0.3 is 4.42 Å². The molecule has 7 heteroatoms. The summed E-state index contributed by atoms with van der Waals surface area (Å²) in [6, 6.07) is 3.98. The molecule has 2 rings (SSSR count). The van der Waals surface area contributed by atoms with E-state index in [9.17, 15) is 8.42 Å². The minimum absolute atomic E-state index is 0.351. The second kappa shape index (κ2) is 6.91. The smallest absolute Gasteiger partial charge is 0.278 e.